The van der Waals surface area contributed by atoms with Crippen LogP contribution in [0.4, 0.5) is 11.4 Å². The van der Waals surface area contributed by atoms with E-state index in [9.17, 15) is 8.42 Å². The van der Waals surface area contributed by atoms with Gasteiger partial charge in [-0.25, -0.2) is 8.42 Å². The Bertz CT molecular complexity index is 1190. The number of anilines is 2. The van der Waals surface area contributed by atoms with Crippen LogP contribution in [0.2, 0.25) is 0 Å². The Labute approximate surface area is 170 Å². The standard InChI is InChI=1S/C22H23N3O3S/c1-15(29(26,27)25-12-10-23-11-13-25)17-7-9-21-20(14-17)24-19-8-6-16-4-2-3-5-18(16)22(19)28-21/h2-9,14-15,23-24H,10-13H2,1H3. The number of rotatable bonds is 3. The summed E-state index contributed by atoms with van der Waals surface area (Å²) >= 11 is 0. The highest BCUT2D eigenvalue weighted by atomic mass is 32.2. The van der Waals surface area contributed by atoms with Crippen molar-refractivity contribution >= 4 is 32.2 Å². The molecule has 1 fully saturated rings. The van der Waals surface area contributed by atoms with Crippen LogP contribution in [-0.2, 0) is 10.0 Å². The quantitative estimate of drug-likeness (QED) is 0.536. The van der Waals surface area contributed by atoms with Crippen molar-refractivity contribution in [2.75, 3.05) is 31.5 Å². The Hall–Kier alpha value is -2.61. The van der Waals surface area contributed by atoms with Gasteiger partial charge >= 0.3 is 0 Å². The van der Waals surface area contributed by atoms with E-state index < -0.39 is 15.3 Å². The van der Waals surface area contributed by atoms with Crippen molar-refractivity contribution < 1.29 is 13.2 Å². The molecule has 150 valence electrons. The maximum atomic E-state index is 13.0. The molecule has 2 N–H and O–H groups in total. The summed E-state index contributed by atoms with van der Waals surface area (Å²) in [5.74, 6) is 1.49. The van der Waals surface area contributed by atoms with Gasteiger partial charge in [-0.05, 0) is 36.1 Å². The number of benzene rings is 3. The molecule has 29 heavy (non-hydrogen) atoms. The molecule has 1 saturated heterocycles. The summed E-state index contributed by atoms with van der Waals surface area (Å²) in [6.07, 6.45) is 0. The van der Waals surface area contributed by atoms with E-state index in [-0.39, 0.29) is 0 Å². The number of hydrogen-bond acceptors (Lipinski definition) is 5. The molecule has 0 aliphatic carbocycles. The molecule has 3 aromatic carbocycles. The smallest absolute Gasteiger partial charge is 0.220 e. The van der Waals surface area contributed by atoms with E-state index in [0.717, 1.165) is 33.5 Å². The lowest BCUT2D eigenvalue weighted by atomic mass is 10.1. The fraction of sp³-hybridized carbons (Fsp3) is 0.273. The third-order valence-corrected chi connectivity index (χ3v) is 7.97. The van der Waals surface area contributed by atoms with Crippen molar-refractivity contribution in [3.05, 3.63) is 60.2 Å². The van der Waals surface area contributed by atoms with Crippen LogP contribution in [0.3, 0.4) is 0 Å². The lowest BCUT2D eigenvalue weighted by Gasteiger charge is -2.30. The number of ether oxygens (including phenoxy) is 1. The summed E-state index contributed by atoms with van der Waals surface area (Å²) in [6, 6.07) is 17.7. The number of fused-ring (bicyclic) bond motifs is 4. The molecule has 0 radical (unpaired) electrons. The van der Waals surface area contributed by atoms with Gasteiger partial charge in [0.25, 0.3) is 0 Å². The molecule has 0 saturated carbocycles. The highest BCUT2D eigenvalue weighted by Gasteiger charge is 2.31. The second-order valence-electron chi connectivity index (χ2n) is 7.48. The van der Waals surface area contributed by atoms with Crippen molar-refractivity contribution in [1.82, 2.24) is 9.62 Å². The highest BCUT2D eigenvalue weighted by Crippen LogP contribution is 2.46. The van der Waals surface area contributed by atoms with Gasteiger partial charge in [-0.1, -0.05) is 36.4 Å². The maximum Gasteiger partial charge on any atom is 0.220 e. The molecule has 1 unspecified atom stereocenters. The van der Waals surface area contributed by atoms with Crippen molar-refractivity contribution in [2.45, 2.75) is 12.2 Å². The molecule has 7 heteroatoms. The lowest BCUT2D eigenvalue weighted by Crippen LogP contribution is -2.47. The molecule has 0 bridgehead atoms. The van der Waals surface area contributed by atoms with Crippen molar-refractivity contribution in [3.63, 3.8) is 0 Å². The zero-order valence-electron chi connectivity index (χ0n) is 16.2. The largest absolute Gasteiger partial charge is 0.452 e. The van der Waals surface area contributed by atoms with Crippen molar-refractivity contribution in [2.24, 2.45) is 0 Å². The van der Waals surface area contributed by atoms with E-state index in [4.69, 9.17) is 4.74 Å². The van der Waals surface area contributed by atoms with E-state index >= 15 is 0 Å². The summed E-state index contributed by atoms with van der Waals surface area (Å²) < 4.78 is 33.9. The minimum absolute atomic E-state index is 0.513. The van der Waals surface area contributed by atoms with Crippen molar-refractivity contribution in [1.29, 1.82) is 0 Å². The Morgan fingerprint density at radius 1 is 1.00 bits per heavy atom. The molecule has 2 aliphatic rings. The van der Waals surface area contributed by atoms with Gasteiger partial charge in [-0.3, -0.25) is 0 Å². The fourth-order valence-electron chi connectivity index (χ4n) is 3.99. The van der Waals surface area contributed by atoms with Gasteiger partial charge in [-0.2, -0.15) is 4.31 Å². The van der Waals surface area contributed by atoms with Crippen LogP contribution >= 0.6 is 0 Å². The number of nitrogens with zero attached hydrogens (tertiary/aromatic N) is 1. The van der Waals surface area contributed by atoms with Crippen LogP contribution in [0.15, 0.2) is 54.6 Å². The van der Waals surface area contributed by atoms with Crippen LogP contribution in [0.25, 0.3) is 10.8 Å². The molecule has 2 heterocycles. The molecule has 6 nitrogen and oxygen atoms in total. The summed E-state index contributed by atoms with van der Waals surface area (Å²) in [6.45, 7) is 4.16. The SMILES string of the molecule is CC(c1ccc2c(c1)Nc1ccc3ccccc3c1O2)S(=O)(=O)N1CCNCC1. The second-order valence-corrected chi connectivity index (χ2v) is 9.74. The predicted octanol–water partition coefficient (Wildman–Crippen LogP) is 3.99. The molecular weight excluding hydrogens is 386 g/mol. The number of nitrogens with one attached hydrogen (secondary N) is 2. The van der Waals surface area contributed by atoms with E-state index in [1.54, 1.807) is 11.2 Å². The average molecular weight is 410 g/mol. The van der Waals surface area contributed by atoms with Crippen LogP contribution < -0.4 is 15.4 Å². The normalized spacial score (nSPS) is 17.7. The van der Waals surface area contributed by atoms with Gasteiger partial charge < -0.3 is 15.4 Å². The zero-order chi connectivity index (χ0) is 20.0. The third-order valence-electron chi connectivity index (χ3n) is 5.72. The van der Waals surface area contributed by atoms with Crippen LogP contribution in [0, 0.1) is 0 Å². The fourth-order valence-corrected chi connectivity index (χ4v) is 5.62. The Morgan fingerprint density at radius 2 is 1.79 bits per heavy atom. The minimum atomic E-state index is -3.41. The molecule has 0 aromatic heterocycles. The van der Waals surface area contributed by atoms with E-state index in [2.05, 4.69) is 22.8 Å². The van der Waals surface area contributed by atoms with Crippen molar-refractivity contribution in [3.8, 4) is 11.5 Å². The van der Waals surface area contributed by atoms with E-state index in [1.165, 1.54) is 0 Å². The summed E-state index contributed by atoms with van der Waals surface area (Å²) in [7, 11) is -3.41. The van der Waals surface area contributed by atoms with Crippen LogP contribution in [0.5, 0.6) is 11.5 Å². The maximum absolute atomic E-state index is 13.0. The monoisotopic (exact) mass is 409 g/mol. The first kappa shape index (κ1) is 18.4. The highest BCUT2D eigenvalue weighted by molar-refractivity contribution is 7.89. The topological polar surface area (TPSA) is 70.7 Å². The van der Waals surface area contributed by atoms with Gasteiger partial charge in [0.05, 0.1) is 16.6 Å². The molecule has 5 rings (SSSR count). The number of hydrogen-bond donors (Lipinski definition) is 2. The molecule has 0 spiro atoms. The van der Waals surface area contributed by atoms with Gasteiger partial charge in [0, 0.05) is 31.6 Å². The van der Waals surface area contributed by atoms with Crippen LogP contribution in [0.1, 0.15) is 17.7 Å². The Balaban J connectivity index is 1.47. The Morgan fingerprint density at radius 3 is 2.62 bits per heavy atom. The second kappa shape index (κ2) is 7.02. The first-order valence-electron chi connectivity index (χ1n) is 9.84. The summed E-state index contributed by atoms with van der Waals surface area (Å²) in [4.78, 5) is 0. The molecular formula is C22H23N3O3S. The lowest BCUT2D eigenvalue weighted by molar-refractivity contribution is 0.356. The minimum Gasteiger partial charge on any atom is -0.452 e. The summed E-state index contributed by atoms with van der Waals surface area (Å²) in [5.41, 5.74) is 2.42. The van der Waals surface area contributed by atoms with E-state index in [0.29, 0.717) is 31.9 Å². The molecule has 2 aliphatic heterocycles. The first-order valence-corrected chi connectivity index (χ1v) is 11.3. The summed E-state index contributed by atoms with van der Waals surface area (Å²) in [5, 5.41) is 8.15. The number of piperazine rings is 1. The first-order chi connectivity index (χ1) is 14.0. The molecule has 0 amide bonds. The Kier molecular flexibility index (Phi) is 4.46. The number of sulfonamides is 1. The van der Waals surface area contributed by atoms with Gasteiger partial charge in [-0.15, -0.1) is 0 Å². The molecule has 3 aromatic rings. The molecule has 1 atom stereocenters. The average Bonchev–Trinajstić information content (AvgIpc) is 2.77. The zero-order valence-corrected chi connectivity index (χ0v) is 17.0. The van der Waals surface area contributed by atoms with Gasteiger partial charge in [0.1, 0.15) is 0 Å². The predicted molar refractivity (Wildman–Crippen MR) is 116 cm³/mol. The third kappa shape index (κ3) is 3.15. The van der Waals surface area contributed by atoms with Crippen LogP contribution in [-0.4, -0.2) is 38.9 Å². The van der Waals surface area contributed by atoms with Gasteiger partial charge in [0.15, 0.2) is 11.5 Å². The van der Waals surface area contributed by atoms with Gasteiger partial charge in [0.2, 0.25) is 10.0 Å². The van der Waals surface area contributed by atoms with E-state index in [1.807, 2.05) is 42.5 Å².